The topological polar surface area (TPSA) is 83.7 Å². The maximum absolute atomic E-state index is 12.5. The van der Waals surface area contributed by atoms with Crippen LogP contribution in [-0.2, 0) is 6.42 Å². The molecule has 122 valence electrons. The molecule has 2 N–H and O–H groups in total. The minimum Gasteiger partial charge on any atom is -0.478 e. The van der Waals surface area contributed by atoms with Gasteiger partial charge in [0.25, 0.3) is 5.91 Å². The first-order valence-corrected chi connectivity index (χ1v) is 7.62. The number of carbonyl (C=O) groups excluding carboxylic acids is 1. The Morgan fingerprint density at radius 1 is 1.21 bits per heavy atom. The molecule has 6 heteroatoms. The molecule has 0 radical (unpaired) electrons. The molecule has 0 fully saturated rings. The van der Waals surface area contributed by atoms with Crippen molar-refractivity contribution in [1.29, 1.82) is 0 Å². The van der Waals surface area contributed by atoms with Crippen molar-refractivity contribution in [3.63, 3.8) is 0 Å². The van der Waals surface area contributed by atoms with E-state index in [1.807, 2.05) is 18.2 Å². The third-order valence-corrected chi connectivity index (χ3v) is 3.96. The van der Waals surface area contributed by atoms with E-state index in [4.69, 9.17) is 0 Å². The molecule has 0 aliphatic heterocycles. The number of rotatable bonds is 4. The number of carboxylic acids is 1. The number of anilines is 1. The third kappa shape index (κ3) is 2.74. The fourth-order valence-electron chi connectivity index (χ4n) is 2.65. The Morgan fingerprint density at radius 2 is 1.96 bits per heavy atom. The van der Waals surface area contributed by atoms with Gasteiger partial charge in [0.05, 0.1) is 22.5 Å². The van der Waals surface area contributed by atoms with Crippen LogP contribution in [0.4, 0.5) is 5.69 Å². The minimum absolute atomic E-state index is 0.0546. The number of hydrogen-bond donors (Lipinski definition) is 2. The SMILES string of the molecule is CCc1nc2ccc(C(=O)Nc3ccccc3C(=O)O)cn2c1C. The molecule has 2 heterocycles. The van der Waals surface area contributed by atoms with Gasteiger partial charge in [-0.15, -0.1) is 0 Å². The van der Waals surface area contributed by atoms with E-state index in [2.05, 4.69) is 10.3 Å². The third-order valence-electron chi connectivity index (χ3n) is 3.96. The number of aromatic nitrogens is 2. The molecule has 6 nitrogen and oxygen atoms in total. The van der Waals surface area contributed by atoms with Gasteiger partial charge in [-0.3, -0.25) is 4.79 Å². The van der Waals surface area contributed by atoms with Gasteiger partial charge < -0.3 is 14.8 Å². The Hall–Kier alpha value is -3.15. The summed E-state index contributed by atoms with van der Waals surface area (Å²) in [5.74, 6) is -1.45. The van der Waals surface area contributed by atoms with Gasteiger partial charge in [0.1, 0.15) is 5.65 Å². The molecule has 0 spiro atoms. The molecule has 0 aliphatic carbocycles. The van der Waals surface area contributed by atoms with E-state index in [1.165, 1.54) is 6.07 Å². The molecule has 0 saturated heterocycles. The second-order valence-corrected chi connectivity index (χ2v) is 5.45. The van der Waals surface area contributed by atoms with E-state index >= 15 is 0 Å². The van der Waals surface area contributed by atoms with Crippen molar-refractivity contribution < 1.29 is 14.7 Å². The number of aryl methyl sites for hydroxylation is 2. The van der Waals surface area contributed by atoms with Gasteiger partial charge in [0.2, 0.25) is 0 Å². The Kier molecular flexibility index (Phi) is 4.04. The molecule has 0 atom stereocenters. The summed E-state index contributed by atoms with van der Waals surface area (Å²) in [6.45, 7) is 3.99. The van der Waals surface area contributed by atoms with Gasteiger partial charge in [-0.1, -0.05) is 19.1 Å². The first-order valence-electron chi connectivity index (χ1n) is 7.62. The first-order chi connectivity index (χ1) is 11.5. The number of amides is 1. The molecular weight excluding hydrogens is 306 g/mol. The number of nitrogens with one attached hydrogen (secondary N) is 1. The van der Waals surface area contributed by atoms with E-state index in [-0.39, 0.29) is 17.2 Å². The Balaban J connectivity index is 1.95. The normalized spacial score (nSPS) is 10.8. The summed E-state index contributed by atoms with van der Waals surface area (Å²) in [4.78, 5) is 28.2. The quantitative estimate of drug-likeness (QED) is 0.772. The number of para-hydroxylation sites is 1. The minimum atomic E-state index is -1.08. The molecule has 0 saturated carbocycles. The number of carbonyl (C=O) groups is 2. The summed E-state index contributed by atoms with van der Waals surface area (Å²) < 4.78 is 1.87. The first kappa shape index (κ1) is 15.7. The second-order valence-electron chi connectivity index (χ2n) is 5.45. The highest BCUT2D eigenvalue weighted by atomic mass is 16.4. The molecule has 1 aromatic carbocycles. The smallest absolute Gasteiger partial charge is 0.337 e. The standard InChI is InChI=1S/C18H17N3O3/c1-3-14-11(2)21-10-12(8-9-16(21)19-14)17(22)20-15-7-5-4-6-13(15)18(23)24/h4-10H,3H2,1-2H3,(H,20,22)(H,23,24). The van der Waals surface area contributed by atoms with Crippen LogP contribution in [0.5, 0.6) is 0 Å². The van der Waals surface area contributed by atoms with Gasteiger partial charge in [-0.05, 0) is 37.6 Å². The summed E-state index contributed by atoms with van der Waals surface area (Å²) in [6.07, 6.45) is 2.54. The molecule has 3 aromatic rings. The highest BCUT2D eigenvalue weighted by molar-refractivity contribution is 6.07. The maximum atomic E-state index is 12.5. The number of carboxylic acid groups (broad SMARTS) is 1. The Labute approximate surface area is 138 Å². The Bertz CT molecular complexity index is 944. The fourth-order valence-corrected chi connectivity index (χ4v) is 2.65. The number of pyridine rings is 1. The lowest BCUT2D eigenvalue weighted by Gasteiger charge is -2.09. The zero-order valence-corrected chi connectivity index (χ0v) is 13.4. The van der Waals surface area contributed by atoms with Crippen LogP contribution >= 0.6 is 0 Å². The number of imidazole rings is 1. The molecule has 0 bridgehead atoms. The van der Waals surface area contributed by atoms with Crippen molar-refractivity contribution in [2.45, 2.75) is 20.3 Å². The molecule has 3 rings (SSSR count). The van der Waals surface area contributed by atoms with Crippen molar-refractivity contribution in [2.24, 2.45) is 0 Å². The predicted molar refractivity (Wildman–Crippen MR) is 90.7 cm³/mol. The lowest BCUT2D eigenvalue weighted by Crippen LogP contribution is -2.15. The van der Waals surface area contributed by atoms with Crippen molar-refractivity contribution >= 4 is 23.2 Å². The number of aromatic carboxylic acids is 1. The zero-order chi connectivity index (χ0) is 17.3. The lowest BCUT2D eigenvalue weighted by atomic mass is 10.1. The van der Waals surface area contributed by atoms with Crippen LogP contribution in [0.2, 0.25) is 0 Å². The van der Waals surface area contributed by atoms with Gasteiger partial charge in [0.15, 0.2) is 0 Å². The zero-order valence-electron chi connectivity index (χ0n) is 13.4. The number of benzene rings is 1. The lowest BCUT2D eigenvalue weighted by molar-refractivity contribution is 0.0698. The van der Waals surface area contributed by atoms with Crippen molar-refractivity contribution in [1.82, 2.24) is 9.38 Å². The molecule has 0 unspecified atom stereocenters. The van der Waals surface area contributed by atoms with Gasteiger partial charge in [-0.2, -0.15) is 0 Å². The van der Waals surface area contributed by atoms with Crippen LogP contribution in [0.1, 0.15) is 39.0 Å². The molecule has 0 aliphatic rings. The van der Waals surface area contributed by atoms with Crippen LogP contribution in [0.25, 0.3) is 5.65 Å². The van der Waals surface area contributed by atoms with E-state index in [9.17, 15) is 14.7 Å². The predicted octanol–water partition coefficient (Wildman–Crippen LogP) is 3.16. The summed E-state index contributed by atoms with van der Waals surface area (Å²) in [5.41, 5.74) is 3.53. The maximum Gasteiger partial charge on any atom is 0.337 e. The Morgan fingerprint density at radius 3 is 2.67 bits per heavy atom. The highest BCUT2D eigenvalue weighted by Crippen LogP contribution is 2.18. The second kappa shape index (κ2) is 6.16. The molecule has 24 heavy (non-hydrogen) atoms. The average molecular weight is 323 g/mol. The summed E-state index contributed by atoms with van der Waals surface area (Å²) in [5, 5.41) is 11.9. The van der Waals surface area contributed by atoms with Crippen LogP contribution < -0.4 is 5.32 Å². The highest BCUT2D eigenvalue weighted by Gasteiger charge is 2.14. The number of hydrogen-bond acceptors (Lipinski definition) is 3. The monoisotopic (exact) mass is 323 g/mol. The average Bonchev–Trinajstić information content (AvgIpc) is 2.90. The summed E-state index contributed by atoms with van der Waals surface area (Å²) in [7, 11) is 0. The molecule has 2 aromatic heterocycles. The molecular formula is C18H17N3O3. The van der Waals surface area contributed by atoms with Crippen molar-refractivity contribution in [3.05, 3.63) is 65.1 Å². The fraction of sp³-hybridized carbons (Fsp3) is 0.167. The van der Waals surface area contributed by atoms with Crippen LogP contribution in [0, 0.1) is 6.92 Å². The summed E-state index contributed by atoms with van der Waals surface area (Å²) >= 11 is 0. The molecule has 1 amide bonds. The van der Waals surface area contributed by atoms with Crippen LogP contribution in [-0.4, -0.2) is 26.4 Å². The van der Waals surface area contributed by atoms with Crippen molar-refractivity contribution in [2.75, 3.05) is 5.32 Å². The largest absolute Gasteiger partial charge is 0.478 e. The van der Waals surface area contributed by atoms with Crippen LogP contribution in [0.15, 0.2) is 42.6 Å². The number of nitrogens with zero attached hydrogens (tertiary/aromatic N) is 2. The van der Waals surface area contributed by atoms with Crippen LogP contribution in [0.3, 0.4) is 0 Å². The van der Waals surface area contributed by atoms with Gasteiger partial charge in [-0.25, -0.2) is 9.78 Å². The number of fused-ring (bicyclic) bond motifs is 1. The van der Waals surface area contributed by atoms with E-state index in [0.717, 1.165) is 23.5 Å². The van der Waals surface area contributed by atoms with E-state index in [0.29, 0.717) is 5.56 Å². The van der Waals surface area contributed by atoms with E-state index in [1.54, 1.807) is 36.5 Å². The van der Waals surface area contributed by atoms with Gasteiger partial charge >= 0.3 is 5.97 Å². The van der Waals surface area contributed by atoms with E-state index < -0.39 is 5.97 Å². The summed E-state index contributed by atoms with van der Waals surface area (Å²) in [6, 6.07) is 9.78. The van der Waals surface area contributed by atoms with Gasteiger partial charge in [0, 0.05) is 11.9 Å². The van der Waals surface area contributed by atoms with Crippen molar-refractivity contribution in [3.8, 4) is 0 Å².